The highest BCUT2D eigenvalue weighted by Gasteiger charge is 2.14. The van der Waals surface area contributed by atoms with Crippen LogP contribution in [0.4, 0.5) is 11.4 Å². The summed E-state index contributed by atoms with van der Waals surface area (Å²) >= 11 is 1.31. The zero-order valence-electron chi connectivity index (χ0n) is 22.4. The predicted octanol–water partition coefficient (Wildman–Crippen LogP) is 6.21. The van der Waals surface area contributed by atoms with Crippen molar-refractivity contribution in [3.8, 4) is 17.1 Å². The van der Waals surface area contributed by atoms with E-state index < -0.39 is 0 Å². The van der Waals surface area contributed by atoms with Gasteiger partial charge >= 0.3 is 0 Å². The molecule has 202 valence electrons. The summed E-state index contributed by atoms with van der Waals surface area (Å²) in [6, 6.07) is 22.4. The van der Waals surface area contributed by atoms with Crippen molar-refractivity contribution in [2.75, 3.05) is 23.0 Å². The van der Waals surface area contributed by atoms with Gasteiger partial charge in [-0.05, 0) is 66.9 Å². The van der Waals surface area contributed by atoms with Crippen LogP contribution in [0.15, 0.2) is 78.0 Å². The molecular weight excluding hydrogens is 510 g/mol. The van der Waals surface area contributed by atoms with E-state index in [1.54, 1.807) is 12.1 Å². The molecule has 0 aliphatic carbocycles. The van der Waals surface area contributed by atoms with Crippen LogP contribution in [0.3, 0.4) is 0 Å². The average Bonchev–Trinajstić information content (AvgIpc) is 3.33. The van der Waals surface area contributed by atoms with Gasteiger partial charge in [-0.1, -0.05) is 56.3 Å². The zero-order valence-corrected chi connectivity index (χ0v) is 23.3. The largest absolute Gasteiger partial charge is 0.494 e. The Balaban J connectivity index is 1.35. The number of carbonyl (C=O) groups excluding carboxylic acids is 2. The lowest BCUT2D eigenvalue weighted by Gasteiger charge is -2.09. The van der Waals surface area contributed by atoms with Crippen LogP contribution in [0.1, 0.15) is 42.6 Å². The number of nitrogens with zero attached hydrogens (tertiary/aromatic N) is 3. The first-order chi connectivity index (χ1) is 19.0. The van der Waals surface area contributed by atoms with E-state index in [1.165, 1.54) is 17.3 Å². The molecular formula is C30H33N5O3S. The minimum absolute atomic E-state index is 0.112. The maximum Gasteiger partial charge on any atom is 0.255 e. The molecule has 3 aromatic carbocycles. The molecule has 1 heterocycles. The van der Waals surface area contributed by atoms with Crippen LogP contribution in [-0.4, -0.2) is 38.9 Å². The summed E-state index contributed by atoms with van der Waals surface area (Å²) in [6.45, 7) is 4.87. The number of nitrogens with one attached hydrogen (secondary N) is 2. The van der Waals surface area contributed by atoms with E-state index in [1.807, 2.05) is 72.3 Å². The van der Waals surface area contributed by atoms with E-state index in [4.69, 9.17) is 4.74 Å². The molecule has 2 amide bonds. The standard InChI is InChI=1S/C30H33N5O3S/c1-4-6-18-38-26-16-12-22(13-17-26)29(37)32-25-9-7-8-23(19-25)28-33-34-30(35(28)3)39-20-27(36)31-24-14-10-21(5-2)11-15-24/h7-17,19H,4-6,18,20H2,1-3H3,(H,31,36)(H,32,37). The second-order valence-corrected chi connectivity index (χ2v) is 9.96. The van der Waals surface area contributed by atoms with Gasteiger partial charge in [0.15, 0.2) is 11.0 Å². The van der Waals surface area contributed by atoms with E-state index in [9.17, 15) is 9.59 Å². The number of hydrogen-bond donors (Lipinski definition) is 2. The minimum Gasteiger partial charge on any atom is -0.494 e. The van der Waals surface area contributed by atoms with Crippen LogP contribution in [0.2, 0.25) is 0 Å². The summed E-state index contributed by atoms with van der Waals surface area (Å²) in [5, 5.41) is 15.1. The molecule has 0 radical (unpaired) electrons. The first kappa shape index (κ1) is 27.9. The number of benzene rings is 3. The van der Waals surface area contributed by atoms with Crippen molar-refractivity contribution in [1.82, 2.24) is 14.8 Å². The normalized spacial score (nSPS) is 10.7. The fourth-order valence-electron chi connectivity index (χ4n) is 3.82. The van der Waals surface area contributed by atoms with E-state index in [0.29, 0.717) is 28.8 Å². The van der Waals surface area contributed by atoms with Crippen molar-refractivity contribution in [1.29, 1.82) is 0 Å². The number of aryl methyl sites for hydroxylation is 1. The second kappa shape index (κ2) is 13.6. The van der Waals surface area contributed by atoms with Gasteiger partial charge in [-0.2, -0.15) is 0 Å². The van der Waals surface area contributed by atoms with Crippen LogP contribution in [0.25, 0.3) is 11.4 Å². The Morgan fingerprint density at radius 2 is 1.69 bits per heavy atom. The molecule has 2 N–H and O–H groups in total. The average molecular weight is 544 g/mol. The van der Waals surface area contributed by atoms with Gasteiger partial charge in [-0.15, -0.1) is 10.2 Å². The molecule has 4 rings (SSSR count). The lowest BCUT2D eigenvalue weighted by molar-refractivity contribution is -0.113. The van der Waals surface area contributed by atoms with Crippen molar-refractivity contribution in [2.24, 2.45) is 7.05 Å². The van der Waals surface area contributed by atoms with Crippen molar-refractivity contribution in [2.45, 2.75) is 38.3 Å². The van der Waals surface area contributed by atoms with Crippen molar-refractivity contribution in [3.63, 3.8) is 0 Å². The Kier molecular flexibility index (Phi) is 9.74. The second-order valence-electron chi connectivity index (χ2n) is 9.01. The van der Waals surface area contributed by atoms with Gasteiger partial charge in [0, 0.05) is 29.5 Å². The van der Waals surface area contributed by atoms with E-state index in [2.05, 4.69) is 34.7 Å². The Hall–Kier alpha value is -4.11. The van der Waals surface area contributed by atoms with Crippen LogP contribution in [0, 0.1) is 0 Å². The maximum absolute atomic E-state index is 12.8. The highest BCUT2D eigenvalue weighted by atomic mass is 32.2. The lowest BCUT2D eigenvalue weighted by atomic mass is 10.1. The third-order valence-corrected chi connectivity index (χ3v) is 7.10. The number of aromatic nitrogens is 3. The predicted molar refractivity (Wildman–Crippen MR) is 156 cm³/mol. The molecule has 9 heteroatoms. The summed E-state index contributed by atoms with van der Waals surface area (Å²) < 4.78 is 7.51. The molecule has 0 saturated carbocycles. The highest BCUT2D eigenvalue weighted by Crippen LogP contribution is 2.25. The number of thioether (sulfide) groups is 1. The zero-order chi connectivity index (χ0) is 27.6. The van der Waals surface area contributed by atoms with Gasteiger partial charge < -0.3 is 19.9 Å². The summed E-state index contributed by atoms with van der Waals surface area (Å²) in [5.41, 5.74) is 3.98. The van der Waals surface area contributed by atoms with Crippen molar-refractivity contribution >= 4 is 35.0 Å². The number of hydrogen-bond acceptors (Lipinski definition) is 6. The first-order valence-electron chi connectivity index (χ1n) is 13.0. The number of rotatable bonds is 12. The van der Waals surface area contributed by atoms with E-state index in [0.717, 1.165) is 36.3 Å². The number of anilines is 2. The molecule has 1 aromatic heterocycles. The summed E-state index contributed by atoms with van der Waals surface area (Å²) in [7, 11) is 1.86. The first-order valence-corrected chi connectivity index (χ1v) is 14.0. The Labute approximate surface area is 233 Å². The molecule has 0 fully saturated rings. The van der Waals surface area contributed by atoms with Crippen LogP contribution >= 0.6 is 11.8 Å². The molecule has 0 bridgehead atoms. The van der Waals surface area contributed by atoms with E-state index >= 15 is 0 Å². The molecule has 39 heavy (non-hydrogen) atoms. The van der Waals surface area contributed by atoms with Gasteiger partial charge in [-0.25, -0.2) is 0 Å². The molecule has 0 spiro atoms. The molecule has 0 saturated heterocycles. The van der Waals surface area contributed by atoms with Crippen molar-refractivity contribution in [3.05, 3.63) is 83.9 Å². The Morgan fingerprint density at radius 1 is 0.923 bits per heavy atom. The number of unbranched alkanes of at least 4 members (excludes halogenated alkanes) is 1. The van der Waals surface area contributed by atoms with Gasteiger partial charge in [0.05, 0.1) is 12.4 Å². The summed E-state index contributed by atoms with van der Waals surface area (Å²) in [4.78, 5) is 25.2. The topological polar surface area (TPSA) is 98.1 Å². The van der Waals surface area contributed by atoms with Gasteiger partial charge in [0.1, 0.15) is 5.75 Å². The van der Waals surface area contributed by atoms with Gasteiger partial charge in [-0.3, -0.25) is 9.59 Å². The Bertz CT molecular complexity index is 1400. The van der Waals surface area contributed by atoms with Gasteiger partial charge in [0.25, 0.3) is 5.91 Å². The number of amides is 2. The minimum atomic E-state index is -0.211. The SMILES string of the molecule is CCCCOc1ccc(C(=O)Nc2cccc(-c3nnc(SCC(=O)Nc4ccc(CC)cc4)n3C)c2)cc1. The van der Waals surface area contributed by atoms with Crippen LogP contribution in [0.5, 0.6) is 5.75 Å². The fourth-order valence-corrected chi connectivity index (χ4v) is 4.53. The maximum atomic E-state index is 12.8. The van der Waals surface area contributed by atoms with Crippen molar-refractivity contribution < 1.29 is 14.3 Å². The van der Waals surface area contributed by atoms with Crippen LogP contribution in [-0.2, 0) is 18.3 Å². The molecule has 0 aliphatic heterocycles. The molecule has 4 aromatic rings. The monoisotopic (exact) mass is 543 g/mol. The smallest absolute Gasteiger partial charge is 0.255 e. The number of carbonyl (C=O) groups is 2. The molecule has 8 nitrogen and oxygen atoms in total. The Morgan fingerprint density at radius 3 is 2.41 bits per heavy atom. The molecule has 0 atom stereocenters. The lowest BCUT2D eigenvalue weighted by Crippen LogP contribution is -2.14. The third-order valence-electron chi connectivity index (χ3n) is 6.07. The molecule has 0 unspecified atom stereocenters. The van der Waals surface area contributed by atoms with E-state index in [-0.39, 0.29) is 17.6 Å². The quantitative estimate of drug-likeness (QED) is 0.163. The summed E-state index contributed by atoms with van der Waals surface area (Å²) in [6.07, 6.45) is 3.02. The fraction of sp³-hybridized carbons (Fsp3) is 0.267. The van der Waals surface area contributed by atoms with Crippen LogP contribution < -0.4 is 15.4 Å². The van der Waals surface area contributed by atoms with Gasteiger partial charge in [0.2, 0.25) is 5.91 Å². The highest BCUT2D eigenvalue weighted by molar-refractivity contribution is 7.99. The summed E-state index contributed by atoms with van der Waals surface area (Å²) in [5.74, 6) is 1.27. The third kappa shape index (κ3) is 7.70. The molecule has 0 aliphatic rings. The number of ether oxygens (including phenoxy) is 1.